The Labute approximate surface area is 184 Å². The number of nitrogens with zero attached hydrogens (tertiary/aromatic N) is 4. The van der Waals surface area contributed by atoms with Crippen molar-refractivity contribution < 1.29 is 19.7 Å². The Balaban J connectivity index is 1.41. The van der Waals surface area contributed by atoms with Crippen LogP contribution in [0.3, 0.4) is 0 Å². The highest BCUT2D eigenvalue weighted by Gasteiger charge is 2.32. The number of para-hydroxylation sites is 1. The topological polar surface area (TPSA) is 134 Å². The van der Waals surface area contributed by atoms with Crippen LogP contribution in [-0.4, -0.2) is 41.8 Å². The zero-order chi connectivity index (χ0) is 22.4. The van der Waals surface area contributed by atoms with E-state index in [0.29, 0.717) is 36.6 Å². The van der Waals surface area contributed by atoms with E-state index in [1.54, 1.807) is 24.3 Å². The second kappa shape index (κ2) is 9.52. The molecule has 4 aromatic rings. The first-order chi connectivity index (χ1) is 15.5. The summed E-state index contributed by atoms with van der Waals surface area (Å²) in [7, 11) is 0. The summed E-state index contributed by atoms with van der Waals surface area (Å²) < 4.78 is 5.83. The van der Waals surface area contributed by atoms with Gasteiger partial charge >= 0.3 is 5.97 Å². The van der Waals surface area contributed by atoms with Crippen molar-refractivity contribution in [1.82, 2.24) is 25.6 Å². The number of tetrazole rings is 1. The van der Waals surface area contributed by atoms with Crippen LogP contribution in [0, 0.1) is 0 Å². The predicted octanol–water partition coefficient (Wildman–Crippen LogP) is 3.01. The van der Waals surface area contributed by atoms with Gasteiger partial charge in [-0.1, -0.05) is 41.6 Å². The molecule has 1 atom stereocenters. The molecule has 0 radical (unpaired) electrons. The summed E-state index contributed by atoms with van der Waals surface area (Å²) in [5, 5.41) is 35.1. The number of carboxylic acid groups (broad SMARTS) is 1. The number of carbonyl (C=O) groups is 1. The molecule has 0 saturated heterocycles. The fraction of sp³-hybridized carbons (Fsp3) is 0.261. The third-order valence-corrected chi connectivity index (χ3v) is 5.26. The Morgan fingerprint density at radius 1 is 1.06 bits per heavy atom. The molecule has 0 saturated carbocycles. The fourth-order valence-corrected chi connectivity index (χ4v) is 3.62. The van der Waals surface area contributed by atoms with Crippen molar-refractivity contribution in [2.75, 3.05) is 0 Å². The first kappa shape index (κ1) is 21.4. The van der Waals surface area contributed by atoms with Crippen LogP contribution < -0.4 is 4.74 Å². The molecule has 3 N–H and O–H groups in total. The first-order valence-electron chi connectivity index (χ1n) is 10.3. The number of aromatic amines is 1. The van der Waals surface area contributed by atoms with Gasteiger partial charge in [0.15, 0.2) is 5.82 Å². The van der Waals surface area contributed by atoms with Gasteiger partial charge in [-0.05, 0) is 42.7 Å². The van der Waals surface area contributed by atoms with Gasteiger partial charge in [-0.2, -0.15) is 5.21 Å². The molecule has 9 heteroatoms. The van der Waals surface area contributed by atoms with Crippen molar-refractivity contribution >= 4 is 16.9 Å². The van der Waals surface area contributed by atoms with E-state index in [-0.39, 0.29) is 6.42 Å². The van der Waals surface area contributed by atoms with E-state index < -0.39 is 18.0 Å². The molecular formula is C23H23N5O4. The van der Waals surface area contributed by atoms with Gasteiger partial charge in [-0.3, -0.25) is 4.79 Å². The van der Waals surface area contributed by atoms with Crippen LogP contribution in [0.4, 0.5) is 0 Å². The number of pyridine rings is 1. The largest absolute Gasteiger partial charge is 0.487 e. The molecule has 9 nitrogen and oxygen atoms in total. The van der Waals surface area contributed by atoms with Crippen molar-refractivity contribution in [3.8, 4) is 5.75 Å². The third kappa shape index (κ3) is 5.25. The summed E-state index contributed by atoms with van der Waals surface area (Å²) in [6.45, 7) is 0.300. The lowest BCUT2D eigenvalue weighted by atomic mass is 9.85. The van der Waals surface area contributed by atoms with Crippen molar-refractivity contribution in [3.63, 3.8) is 0 Å². The highest BCUT2D eigenvalue weighted by molar-refractivity contribution is 5.78. The maximum absolute atomic E-state index is 11.4. The van der Waals surface area contributed by atoms with Crippen LogP contribution in [0.2, 0.25) is 0 Å². The number of aliphatic carboxylic acids is 1. The molecule has 2 aromatic heterocycles. The molecule has 2 aromatic carbocycles. The number of nitrogens with one attached hydrogen (secondary N) is 1. The Hall–Kier alpha value is -3.85. The number of H-pyrrole nitrogens is 1. The smallest absolute Gasteiger partial charge is 0.306 e. The van der Waals surface area contributed by atoms with Crippen LogP contribution in [0.25, 0.3) is 10.9 Å². The van der Waals surface area contributed by atoms with Crippen molar-refractivity contribution in [3.05, 3.63) is 77.7 Å². The number of benzene rings is 2. The molecule has 0 aliphatic rings. The molecule has 0 bridgehead atoms. The Morgan fingerprint density at radius 2 is 1.88 bits per heavy atom. The quantitative estimate of drug-likeness (QED) is 0.347. The minimum Gasteiger partial charge on any atom is -0.487 e. The highest BCUT2D eigenvalue weighted by Crippen LogP contribution is 2.32. The maximum atomic E-state index is 11.4. The van der Waals surface area contributed by atoms with E-state index in [1.165, 1.54) is 0 Å². The summed E-state index contributed by atoms with van der Waals surface area (Å²) in [4.78, 5) is 16.0. The number of hydrogen-bond donors (Lipinski definition) is 3. The lowest BCUT2D eigenvalue weighted by molar-refractivity contribution is -0.143. The van der Waals surface area contributed by atoms with Gasteiger partial charge in [0.05, 0.1) is 17.6 Å². The molecule has 0 amide bonds. The minimum absolute atomic E-state index is 0.245. The Morgan fingerprint density at radius 3 is 2.62 bits per heavy atom. The molecule has 1 unspecified atom stereocenters. The average Bonchev–Trinajstić information content (AvgIpc) is 3.31. The summed E-state index contributed by atoms with van der Waals surface area (Å²) in [6, 6.07) is 18.6. The molecule has 32 heavy (non-hydrogen) atoms. The van der Waals surface area contributed by atoms with Gasteiger partial charge in [-0.15, -0.1) is 10.2 Å². The monoisotopic (exact) mass is 433 g/mol. The van der Waals surface area contributed by atoms with Gasteiger partial charge in [0.2, 0.25) is 0 Å². The summed E-state index contributed by atoms with van der Waals surface area (Å²) in [5.74, 6) is 0.0525. The fourth-order valence-electron chi connectivity index (χ4n) is 3.62. The van der Waals surface area contributed by atoms with E-state index in [1.807, 2.05) is 36.4 Å². The number of carboxylic acids is 1. The summed E-state index contributed by atoms with van der Waals surface area (Å²) >= 11 is 0. The van der Waals surface area contributed by atoms with Crippen LogP contribution in [0.1, 0.15) is 36.3 Å². The standard InChI is InChI=1S/C23H23N5O4/c29-22(30)14-23(31,13-3-6-21-25-27-28-26-21)17-8-11-19(12-9-17)32-15-18-10-7-16-4-1-2-5-20(16)24-18/h1-2,4-5,7-12,31H,3,6,13-15H2,(H,29,30)(H,25,26,27,28). The van der Waals surface area contributed by atoms with Gasteiger partial charge in [-0.25, -0.2) is 4.98 Å². The molecule has 0 spiro atoms. The van der Waals surface area contributed by atoms with Gasteiger partial charge in [0, 0.05) is 11.8 Å². The number of fused-ring (bicyclic) bond motifs is 1. The zero-order valence-electron chi connectivity index (χ0n) is 17.3. The Kier molecular flexibility index (Phi) is 6.37. The molecule has 4 rings (SSSR count). The molecule has 0 aliphatic heterocycles. The lowest BCUT2D eigenvalue weighted by Gasteiger charge is -2.27. The third-order valence-electron chi connectivity index (χ3n) is 5.26. The number of aromatic nitrogens is 5. The van der Waals surface area contributed by atoms with Crippen LogP contribution in [0.15, 0.2) is 60.7 Å². The minimum atomic E-state index is -1.51. The lowest BCUT2D eigenvalue weighted by Crippen LogP contribution is -2.29. The SMILES string of the molecule is O=C(O)CC(O)(CCCc1nn[nH]n1)c1ccc(OCc2ccc3ccccc3n2)cc1. The van der Waals surface area contributed by atoms with Crippen LogP contribution in [0.5, 0.6) is 5.75 Å². The van der Waals surface area contributed by atoms with Gasteiger partial charge < -0.3 is 14.9 Å². The Bertz CT molecular complexity index is 1180. The number of ether oxygens (including phenoxy) is 1. The van der Waals surface area contributed by atoms with Crippen LogP contribution >= 0.6 is 0 Å². The van der Waals surface area contributed by atoms with E-state index in [0.717, 1.165) is 16.6 Å². The van der Waals surface area contributed by atoms with E-state index in [9.17, 15) is 15.0 Å². The van der Waals surface area contributed by atoms with Crippen molar-refractivity contribution in [2.24, 2.45) is 0 Å². The molecule has 2 heterocycles. The summed E-state index contributed by atoms with van der Waals surface area (Å²) in [5.41, 5.74) is 0.720. The molecule has 0 aliphatic carbocycles. The average molecular weight is 433 g/mol. The zero-order valence-corrected chi connectivity index (χ0v) is 17.3. The number of aliphatic hydroxyl groups is 1. The van der Waals surface area contributed by atoms with Crippen molar-refractivity contribution in [1.29, 1.82) is 0 Å². The van der Waals surface area contributed by atoms with E-state index in [2.05, 4.69) is 25.6 Å². The van der Waals surface area contributed by atoms with Gasteiger partial charge in [0.25, 0.3) is 0 Å². The molecule has 0 fully saturated rings. The van der Waals surface area contributed by atoms with E-state index in [4.69, 9.17) is 4.74 Å². The normalized spacial score (nSPS) is 13.0. The second-order valence-corrected chi connectivity index (χ2v) is 7.59. The van der Waals surface area contributed by atoms with Crippen molar-refractivity contribution in [2.45, 2.75) is 37.9 Å². The molecule has 164 valence electrons. The van der Waals surface area contributed by atoms with E-state index >= 15 is 0 Å². The number of aryl methyl sites for hydroxylation is 1. The maximum Gasteiger partial charge on any atom is 0.306 e. The first-order valence-corrected chi connectivity index (χ1v) is 10.3. The predicted molar refractivity (Wildman–Crippen MR) is 116 cm³/mol. The van der Waals surface area contributed by atoms with Gasteiger partial charge in [0.1, 0.15) is 18.0 Å². The number of rotatable bonds is 10. The summed E-state index contributed by atoms with van der Waals surface area (Å²) in [6.07, 6.45) is 0.836. The second-order valence-electron chi connectivity index (χ2n) is 7.59. The number of hydrogen-bond acceptors (Lipinski definition) is 7. The van der Waals surface area contributed by atoms with Crippen LogP contribution in [-0.2, 0) is 23.4 Å². The molecular weight excluding hydrogens is 410 g/mol. The highest BCUT2D eigenvalue weighted by atomic mass is 16.5.